The van der Waals surface area contributed by atoms with Crippen molar-refractivity contribution >= 4 is 34.7 Å². The van der Waals surface area contributed by atoms with E-state index in [-0.39, 0.29) is 29.0 Å². The molecule has 1 aromatic heterocycles. The topological polar surface area (TPSA) is 85.6 Å². The summed E-state index contributed by atoms with van der Waals surface area (Å²) in [6.45, 7) is 1.44. The van der Waals surface area contributed by atoms with Gasteiger partial charge in [0.1, 0.15) is 30.6 Å². The van der Waals surface area contributed by atoms with E-state index in [4.69, 9.17) is 16.4 Å². The third kappa shape index (κ3) is 4.17. The van der Waals surface area contributed by atoms with E-state index < -0.39 is 0 Å². The normalized spacial score (nSPS) is 12.9. The van der Waals surface area contributed by atoms with Gasteiger partial charge in [0.15, 0.2) is 5.78 Å². The molecule has 0 radical (unpaired) electrons. The van der Waals surface area contributed by atoms with Crippen molar-refractivity contribution in [1.82, 2.24) is 9.71 Å². The molecule has 32 heavy (non-hydrogen) atoms. The van der Waals surface area contributed by atoms with Gasteiger partial charge in [-0.15, -0.1) is 0 Å². The number of rotatable bonds is 6. The first-order chi connectivity index (χ1) is 15.4. The zero-order valence-electron chi connectivity index (χ0n) is 17.2. The number of anilines is 1. The highest BCUT2D eigenvalue weighted by Crippen LogP contribution is 2.29. The van der Waals surface area contributed by atoms with Crippen molar-refractivity contribution < 1.29 is 18.8 Å². The van der Waals surface area contributed by atoms with Crippen LogP contribution in [0.3, 0.4) is 0 Å². The fraction of sp³-hybridized carbons (Fsp3) is 0.130. The van der Waals surface area contributed by atoms with Crippen molar-refractivity contribution in [2.75, 3.05) is 12.4 Å². The monoisotopic (exact) mass is 452 g/mol. The van der Waals surface area contributed by atoms with Crippen molar-refractivity contribution in [1.29, 1.82) is 0 Å². The standard InChI is InChI=1S/C23H18ClFN4O3/c1-13(30)15-5-8-19(18(24)9-15)28-23(31)16-10-20(26-11-16)22-21(27-12-29(22)32-2)14-3-6-17(25)7-4-14/h3-9,11-12H,10H2,1-2H3,(H,28,31). The highest BCUT2D eigenvalue weighted by molar-refractivity contribution is 6.34. The Hall–Kier alpha value is -3.78. The van der Waals surface area contributed by atoms with Gasteiger partial charge in [-0.05, 0) is 49.4 Å². The molecular formula is C23H18ClFN4O3. The molecule has 1 aliphatic rings. The fourth-order valence-electron chi connectivity index (χ4n) is 3.30. The van der Waals surface area contributed by atoms with Gasteiger partial charge in [-0.25, -0.2) is 9.37 Å². The van der Waals surface area contributed by atoms with E-state index in [1.165, 1.54) is 49.5 Å². The van der Waals surface area contributed by atoms with Gasteiger partial charge in [0.05, 0.1) is 16.4 Å². The summed E-state index contributed by atoms with van der Waals surface area (Å²) in [5.74, 6) is -0.837. The van der Waals surface area contributed by atoms with Gasteiger partial charge in [-0.3, -0.25) is 14.6 Å². The summed E-state index contributed by atoms with van der Waals surface area (Å²) in [7, 11) is 1.49. The molecular weight excluding hydrogens is 435 g/mol. The number of nitrogens with zero attached hydrogens (tertiary/aromatic N) is 3. The third-order valence-electron chi connectivity index (χ3n) is 4.97. The van der Waals surface area contributed by atoms with E-state index in [0.29, 0.717) is 39.5 Å². The summed E-state index contributed by atoms with van der Waals surface area (Å²) in [6, 6.07) is 10.6. The zero-order valence-corrected chi connectivity index (χ0v) is 18.0. The second-order valence-electron chi connectivity index (χ2n) is 7.07. The summed E-state index contributed by atoms with van der Waals surface area (Å²) in [4.78, 5) is 38.4. The Bertz CT molecular complexity index is 1280. The number of Topliss-reactive ketones (excluding diaryl/α,β-unsaturated/α-hetero) is 1. The Kier molecular flexibility index (Phi) is 5.87. The molecule has 0 saturated carbocycles. The van der Waals surface area contributed by atoms with Crippen LogP contribution in [-0.4, -0.2) is 34.2 Å². The molecule has 3 aromatic rings. The number of carbonyl (C=O) groups excluding carboxylic acids is 2. The summed E-state index contributed by atoms with van der Waals surface area (Å²) in [5, 5.41) is 3.01. The molecule has 0 fully saturated rings. The van der Waals surface area contributed by atoms with Gasteiger partial charge in [-0.1, -0.05) is 11.6 Å². The third-order valence-corrected chi connectivity index (χ3v) is 5.29. The average Bonchev–Trinajstić information content (AvgIpc) is 3.42. The number of ketones is 1. The Morgan fingerprint density at radius 2 is 1.94 bits per heavy atom. The van der Waals surface area contributed by atoms with Gasteiger partial charge >= 0.3 is 0 Å². The lowest BCUT2D eigenvalue weighted by Gasteiger charge is -2.11. The van der Waals surface area contributed by atoms with Crippen LogP contribution < -0.4 is 10.2 Å². The summed E-state index contributed by atoms with van der Waals surface area (Å²) >= 11 is 6.20. The number of halogens is 2. The minimum Gasteiger partial charge on any atom is -0.416 e. The minimum atomic E-state index is -0.368. The number of hydrogen-bond donors (Lipinski definition) is 1. The van der Waals surface area contributed by atoms with E-state index >= 15 is 0 Å². The molecule has 0 unspecified atom stereocenters. The lowest BCUT2D eigenvalue weighted by Crippen LogP contribution is -2.18. The molecule has 162 valence electrons. The molecule has 0 saturated heterocycles. The van der Waals surface area contributed by atoms with Crippen molar-refractivity contribution in [2.24, 2.45) is 4.99 Å². The summed E-state index contributed by atoms with van der Waals surface area (Å²) < 4.78 is 14.8. The molecule has 2 heterocycles. The number of nitrogens with one attached hydrogen (secondary N) is 1. The molecule has 0 aliphatic carbocycles. The molecule has 2 aromatic carbocycles. The maximum Gasteiger partial charge on any atom is 0.253 e. The molecule has 9 heteroatoms. The molecule has 0 spiro atoms. The zero-order chi connectivity index (χ0) is 22.8. The largest absolute Gasteiger partial charge is 0.416 e. The van der Waals surface area contributed by atoms with Gasteiger partial charge in [0.25, 0.3) is 5.91 Å². The van der Waals surface area contributed by atoms with Crippen molar-refractivity contribution in [3.05, 3.63) is 82.7 Å². The number of hydrogen-bond acceptors (Lipinski definition) is 5. The predicted octanol–water partition coefficient (Wildman–Crippen LogP) is 4.32. The van der Waals surface area contributed by atoms with Crippen LogP contribution >= 0.6 is 11.6 Å². The smallest absolute Gasteiger partial charge is 0.253 e. The van der Waals surface area contributed by atoms with Crippen molar-refractivity contribution in [3.63, 3.8) is 0 Å². The summed E-state index contributed by atoms with van der Waals surface area (Å²) in [5.41, 5.74) is 3.66. The first-order valence-electron chi connectivity index (χ1n) is 9.63. The Morgan fingerprint density at radius 3 is 2.59 bits per heavy atom. The van der Waals surface area contributed by atoms with Crippen LogP contribution in [-0.2, 0) is 4.79 Å². The van der Waals surface area contributed by atoms with Crippen LogP contribution in [0.2, 0.25) is 5.02 Å². The first-order valence-corrected chi connectivity index (χ1v) is 10.0. The molecule has 1 N–H and O–H groups in total. The number of aromatic nitrogens is 2. The van der Waals surface area contributed by atoms with Gasteiger partial charge in [0.2, 0.25) is 0 Å². The number of aliphatic imine (C=N–C) groups is 1. The molecule has 0 bridgehead atoms. The van der Waals surface area contributed by atoms with Crippen LogP contribution in [0.5, 0.6) is 0 Å². The fourth-order valence-corrected chi connectivity index (χ4v) is 3.53. The SMILES string of the molecule is COn1cnc(-c2ccc(F)cc2)c1C1=NC=C(C(=O)Nc2ccc(C(C)=O)cc2Cl)C1. The Balaban J connectivity index is 1.53. The minimum absolute atomic E-state index is 0.118. The lowest BCUT2D eigenvalue weighted by molar-refractivity contribution is -0.112. The molecule has 1 amide bonds. The number of imidazole rings is 1. The number of carbonyl (C=O) groups is 2. The van der Waals surface area contributed by atoms with Crippen molar-refractivity contribution in [3.8, 4) is 11.3 Å². The van der Waals surface area contributed by atoms with E-state index in [1.54, 1.807) is 24.3 Å². The van der Waals surface area contributed by atoms with E-state index in [9.17, 15) is 14.0 Å². The molecule has 7 nitrogen and oxygen atoms in total. The lowest BCUT2D eigenvalue weighted by atomic mass is 10.0. The second-order valence-corrected chi connectivity index (χ2v) is 7.48. The maximum absolute atomic E-state index is 13.3. The van der Waals surface area contributed by atoms with E-state index in [0.717, 1.165) is 0 Å². The Labute approximate surface area is 188 Å². The van der Waals surface area contributed by atoms with Crippen LogP contribution in [0.4, 0.5) is 10.1 Å². The highest BCUT2D eigenvalue weighted by Gasteiger charge is 2.25. The first kappa shape index (κ1) is 21.5. The van der Waals surface area contributed by atoms with Crippen LogP contribution in [0.25, 0.3) is 11.3 Å². The molecule has 4 rings (SSSR count). The molecule has 0 atom stereocenters. The number of amides is 1. The average molecular weight is 453 g/mol. The van der Waals surface area contributed by atoms with Crippen LogP contribution in [0, 0.1) is 5.82 Å². The second kappa shape index (κ2) is 8.76. The predicted molar refractivity (Wildman–Crippen MR) is 119 cm³/mol. The van der Waals surface area contributed by atoms with Gasteiger partial charge in [-0.2, -0.15) is 4.73 Å². The van der Waals surface area contributed by atoms with Gasteiger partial charge < -0.3 is 10.2 Å². The van der Waals surface area contributed by atoms with Crippen LogP contribution in [0.15, 0.2) is 65.6 Å². The molecule has 1 aliphatic heterocycles. The quantitative estimate of drug-likeness (QED) is 0.564. The van der Waals surface area contributed by atoms with Crippen molar-refractivity contribution in [2.45, 2.75) is 13.3 Å². The van der Waals surface area contributed by atoms with Crippen LogP contribution in [0.1, 0.15) is 29.4 Å². The van der Waals surface area contributed by atoms with Gasteiger partial charge in [0, 0.05) is 29.3 Å². The maximum atomic E-state index is 13.3. The van der Waals surface area contributed by atoms with E-state index in [2.05, 4.69) is 15.3 Å². The summed E-state index contributed by atoms with van der Waals surface area (Å²) in [6.07, 6.45) is 3.20. The number of benzene rings is 2. The Morgan fingerprint density at radius 1 is 1.19 bits per heavy atom. The van der Waals surface area contributed by atoms with E-state index in [1.807, 2.05) is 0 Å². The highest BCUT2D eigenvalue weighted by atomic mass is 35.5.